The number of nitrogens with zero attached hydrogens (tertiary/aromatic N) is 2. The molecule has 4 rings (SSSR count). The van der Waals surface area contributed by atoms with Crippen LogP contribution in [0.1, 0.15) is 22.4 Å². The molecular formula is C20H18BrN3O2. The molecule has 0 bridgehead atoms. The Balaban J connectivity index is 1.46. The zero-order valence-electron chi connectivity index (χ0n) is 14.5. The summed E-state index contributed by atoms with van der Waals surface area (Å²) in [6, 6.07) is 7.97. The quantitative estimate of drug-likeness (QED) is 0.543. The Labute approximate surface area is 159 Å². The number of aryl methyl sites for hydroxylation is 2. The normalized spacial score (nSPS) is 11.3. The number of halogens is 1. The number of hydrogen-bond acceptors (Lipinski definition) is 3. The van der Waals surface area contributed by atoms with E-state index >= 15 is 0 Å². The van der Waals surface area contributed by atoms with Crippen molar-refractivity contribution in [3.05, 3.63) is 69.8 Å². The van der Waals surface area contributed by atoms with Gasteiger partial charge in [0.2, 0.25) is 5.91 Å². The third-order valence-corrected chi connectivity index (χ3v) is 5.02. The van der Waals surface area contributed by atoms with Gasteiger partial charge in [0, 0.05) is 27.8 Å². The molecule has 0 aliphatic heterocycles. The van der Waals surface area contributed by atoms with Crippen molar-refractivity contribution in [3.63, 3.8) is 0 Å². The van der Waals surface area contributed by atoms with Gasteiger partial charge in [-0.2, -0.15) is 0 Å². The Kier molecular flexibility index (Phi) is 4.28. The average molecular weight is 412 g/mol. The van der Waals surface area contributed by atoms with Crippen molar-refractivity contribution < 1.29 is 9.21 Å². The number of carbonyl (C=O) groups is 1. The van der Waals surface area contributed by atoms with Gasteiger partial charge in [-0.15, -0.1) is 0 Å². The number of nitrogens with one attached hydrogen (secondary N) is 1. The molecule has 4 aromatic rings. The molecule has 0 unspecified atom stereocenters. The second-order valence-corrected chi connectivity index (χ2v) is 7.41. The maximum absolute atomic E-state index is 12.4. The molecule has 0 aliphatic rings. The van der Waals surface area contributed by atoms with Crippen molar-refractivity contribution in [2.75, 3.05) is 0 Å². The van der Waals surface area contributed by atoms with E-state index in [9.17, 15) is 4.79 Å². The van der Waals surface area contributed by atoms with E-state index in [1.165, 1.54) is 11.1 Å². The van der Waals surface area contributed by atoms with Gasteiger partial charge in [0.15, 0.2) is 0 Å². The SMILES string of the molecule is Cc1cc2occ(CC(=O)NCc3cn4cc(Br)ccc4n3)c2cc1C. The number of fused-ring (bicyclic) bond motifs is 2. The van der Waals surface area contributed by atoms with Crippen LogP contribution in [-0.2, 0) is 17.8 Å². The third kappa shape index (κ3) is 3.24. The molecule has 3 heterocycles. The average Bonchev–Trinajstić information content (AvgIpc) is 3.17. The Morgan fingerprint density at radius 3 is 2.88 bits per heavy atom. The Morgan fingerprint density at radius 2 is 2.04 bits per heavy atom. The maximum atomic E-state index is 12.4. The number of amides is 1. The van der Waals surface area contributed by atoms with Gasteiger partial charge in [-0.1, -0.05) is 0 Å². The van der Waals surface area contributed by atoms with Gasteiger partial charge in [-0.25, -0.2) is 4.98 Å². The van der Waals surface area contributed by atoms with Crippen LogP contribution in [0.2, 0.25) is 0 Å². The lowest BCUT2D eigenvalue weighted by Gasteiger charge is -2.03. The largest absolute Gasteiger partial charge is 0.464 e. The molecule has 3 aromatic heterocycles. The smallest absolute Gasteiger partial charge is 0.224 e. The second-order valence-electron chi connectivity index (χ2n) is 6.49. The van der Waals surface area contributed by atoms with Gasteiger partial charge in [0.1, 0.15) is 11.2 Å². The topological polar surface area (TPSA) is 59.5 Å². The van der Waals surface area contributed by atoms with E-state index in [2.05, 4.69) is 46.1 Å². The molecule has 0 saturated heterocycles. The highest BCUT2D eigenvalue weighted by Gasteiger charge is 2.12. The molecule has 0 atom stereocenters. The highest BCUT2D eigenvalue weighted by atomic mass is 79.9. The maximum Gasteiger partial charge on any atom is 0.224 e. The van der Waals surface area contributed by atoms with E-state index < -0.39 is 0 Å². The van der Waals surface area contributed by atoms with Crippen LogP contribution in [0.15, 0.2) is 51.8 Å². The molecule has 26 heavy (non-hydrogen) atoms. The van der Waals surface area contributed by atoms with Crippen molar-refractivity contribution in [1.82, 2.24) is 14.7 Å². The summed E-state index contributed by atoms with van der Waals surface area (Å²) in [6.45, 7) is 4.51. The van der Waals surface area contributed by atoms with Gasteiger partial charge in [-0.3, -0.25) is 4.79 Å². The summed E-state index contributed by atoms with van der Waals surface area (Å²) in [5, 5.41) is 3.94. The monoisotopic (exact) mass is 411 g/mol. The predicted octanol–water partition coefficient (Wildman–Crippen LogP) is 4.32. The van der Waals surface area contributed by atoms with Crippen LogP contribution in [0.25, 0.3) is 16.6 Å². The number of hydrogen-bond donors (Lipinski definition) is 1. The summed E-state index contributed by atoms with van der Waals surface area (Å²) in [5.41, 5.74) is 5.77. The first-order valence-corrected chi connectivity index (χ1v) is 9.16. The molecule has 1 amide bonds. The van der Waals surface area contributed by atoms with Crippen molar-refractivity contribution in [2.24, 2.45) is 0 Å². The van der Waals surface area contributed by atoms with Crippen molar-refractivity contribution >= 4 is 38.5 Å². The standard InChI is InChI=1S/C20H18BrN3O2/c1-12-5-17-14(11-26-18(17)6-13(12)2)7-20(25)22-8-16-10-24-9-15(21)3-4-19(24)23-16/h3-6,9-11H,7-8H2,1-2H3,(H,22,25). The van der Waals surface area contributed by atoms with Gasteiger partial charge < -0.3 is 14.1 Å². The minimum absolute atomic E-state index is 0.0517. The number of furan rings is 1. The lowest BCUT2D eigenvalue weighted by molar-refractivity contribution is -0.120. The summed E-state index contributed by atoms with van der Waals surface area (Å²) in [7, 11) is 0. The van der Waals surface area contributed by atoms with Crippen LogP contribution in [-0.4, -0.2) is 15.3 Å². The molecular weight excluding hydrogens is 394 g/mol. The highest BCUT2D eigenvalue weighted by molar-refractivity contribution is 9.10. The fraction of sp³-hybridized carbons (Fsp3) is 0.200. The zero-order chi connectivity index (χ0) is 18.3. The third-order valence-electron chi connectivity index (χ3n) is 4.55. The Bertz CT molecular complexity index is 1130. The van der Waals surface area contributed by atoms with Crippen LogP contribution >= 0.6 is 15.9 Å². The lowest BCUT2D eigenvalue weighted by atomic mass is 10.0. The van der Waals surface area contributed by atoms with Crippen LogP contribution in [0.4, 0.5) is 0 Å². The molecule has 0 fully saturated rings. The number of rotatable bonds is 4. The minimum Gasteiger partial charge on any atom is -0.464 e. The van der Waals surface area contributed by atoms with E-state index in [-0.39, 0.29) is 12.3 Å². The number of aromatic nitrogens is 2. The molecule has 1 aromatic carbocycles. The number of benzene rings is 1. The molecule has 1 N–H and O–H groups in total. The summed E-state index contributed by atoms with van der Waals surface area (Å²) in [6.07, 6.45) is 5.81. The summed E-state index contributed by atoms with van der Waals surface area (Å²) in [4.78, 5) is 16.9. The number of pyridine rings is 1. The first-order chi connectivity index (χ1) is 12.5. The van der Waals surface area contributed by atoms with Gasteiger partial charge >= 0.3 is 0 Å². The molecule has 0 saturated carbocycles. The minimum atomic E-state index is -0.0517. The molecule has 5 nitrogen and oxygen atoms in total. The van der Waals surface area contributed by atoms with E-state index in [1.54, 1.807) is 6.26 Å². The van der Waals surface area contributed by atoms with Crippen molar-refractivity contribution in [2.45, 2.75) is 26.8 Å². The molecule has 0 spiro atoms. The van der Waals surface area contributed by atoms with Crippen molar-refractivity contribution in [1.29, 1.82) is 0 Å². The first-order valence-electron chi connectivity index (χ1n) is 8.37. The van der Waals surface area contributed by atoms with Gasteiger partial charge in [-0.05, 0) is 65.2 Å². The fourth-order valence-corrected chi connectivity index (χ4v) is 3.35. The number of imidazole rings is 1. The van der Waals surface area contributed by atoms with Crippen LogP contribution in [0.5, 0.6) is 0 Å². The Hall–Kier alpha value is -2.60. The van der Waals surface area contributed by atoms with Crippen molar-refractivity contribution in [3.8, 4) is 0 Å². The molecule has 0 radical (unpaired) electrons. The Morgan fingerprint density at radius 1 is 1.23 bits per heavy atom. The van der Waals surface area contributed by atoms with E-state index in [1.807, 2.05) is 35.0 Å². The lowest BCUT2D eigenvalue weighted by Crippen LogP contribution is -2.24. The number of carbonyl (C=O) groups excluding carboxylic acids is 1. The van der Waals surface area contributed by atoms with E-state index in [0.717, 1.165) is 32.3 Å². The van der Waals surface area contributed by atoms with Crippen LogP contribution < -0.4 is 5.32 Å². The fourth-order valence-electron chi connectivity index (χ4n) is 3.00. The predicted molar refractivity (Wildman–Crippen MR) is 104 cm³/mol. The molecule has 0 aliphatic carbocycles. The van der Waals surface area contributed by atoms with E-state index in [4.69, 9.17) is 4.42 Å². The summed E-state index contributed by atoms with van der Waals surface area (Å²) in [5.74, 6) is -0.0517. The second kappa shape index (κ2) is 6.61. The summed E-state index contributed by atoms with van der Waals surface area (Å²) >= 11 is 3.44. The highest BCUT2D eigenvalue weighted by Crippen LogP contribution is 2.25. The first kappa shape index (κ1) is 16.8. The van der Waals surface area contributed by atoms with E-state index in [0.29, 0.717) is 6.54 Å². The van der Waals surface area contributed by atoms with Crippen LogP contribution in [0, 0.1) is 13.8 Å². The van der Waals surface area contributed by atoms with Gasteiger partial charge in [0.05, 0.1) is 24.9 Å². The molecule has 132 valence electrons. The zero-order valence-corrected chi connectivity index (χ0v) is 16.1. The van der Waals surface area contributed by atoms with Gasteiger partial charge in [0.25, 0.3) is 0 Å². The molecule has 6 heteroatoms. The van der Waals surface area contributed by atoms with Crippen LogP contribution in [0.3, 0.4) is 0 Å². The summed E-state index contributed by atoms with van der Waals surface area (Å²) < 4.78 is 8.51.